The highest BCUT2D eigenvalue weighted by molar-refractivity contribution is 7.91. The van der Waals surface area contributed by atoms with E-state index in [1.807, 2.05) is 0 Å². The van der Waals surface area contributed by atoms with Crippen LogP contribution in [0.2, 0.25) is 0 Å². The molecule has 1 aliphatic heterocycles. The summed E-state index contributed by atoms with van der Waals surface area (Å²) >= 11 is 0. The van der Waals surface area contributed by atoms with Crippen LogP contribution in [-0.4, -0.2) is 50.5 Å². The molecule has 1 fully saturated rings. The summed E-state index contributed by atoms with van der Waals surface area (Å²) in [5.74, 6) is 0.587. The lowest BCUT2D eigenvalue weighted by Gasteiger charge is -2.29. The minimum atomic E-state index is -2.78. The fourth-order valence-electron chi connectivity index (χ4n) is 1.83. The van der Waals surface area contributed by atoms with Crippen molar-refractivity contribution in [3.63, 3.8) is 0 Å². The molecule has 0 aliphatic carbocycles. The van der Waals surface area contributed by atoms with Gasteiger partial charge in [0.15, 0.2) is 0 Å². The Balaban J connectivity index is 2.16. The van der Waals surface area contributed by atoms with Gasteiger partial charge < -0.3 is 10.6 Å². The molecule has 0 bridgehead atoms. The molecule has 0 aromatic carbocycles. The lowest BCUT2D eigenvalue weighted by Crippen LogP contribution is -2.40. The number of likely N-dealkylation sites (tertiary alicyclic amines) is 1. The van der Waals surface area contributed by atoms with E-state index < -0.39 is 9.84 Å². The Bertz CT molecular complexity index is 269. The second kappa shape index (κ2) is 5.82. The largest absolute Gasteiger partial charge is 0.328 e. The molecule has 1 aliphatic rings. The lowest BCUT2D eigenvalue weighted by molar-refractivity contribution is 0.214. The van der Waals surface area contributed by atoms with Crippen LogP contribution in [0.25, 0.3) is 0 Å². The number of rotatable bonds is 5. The fraction of sp³-hybridized carbons (Fsp3) is 1.00. The summed E-state index contributed by atoms with van der Waals surface area (Å²) in [6, 6.07) is 0.348. The van der Waals surface area contributed by atoms with Gasteiger partial charge in [0.25, 0.3) is 0 Å². The van der Waals surface area contributed by atoms with Gasteiger partial charge in [0.1, 0.15) is 9.84 Å². The molecule has 0 amide bonds. The first-order valence-electron chi connectivity index (χ1n) is 5.72. The number of nitrogens with zero attached hydrogens (tertiary/aromatic N) is 1. The van der Waals surface area contributed by atoms with E-state index in [4.69, 9.17) is 5.73 Å². The van der Waals surface area contributed by atoms with Crippen molar-refractivity contribution in [3.05, 3.63) is 0 Å². The van der Waals surface area contributed by atoms with Crippen LogP contribution in [0.3, 0.4) is 0 Å². The zero-order chi connectivity index (χ0) is 11.3. The Kier molecular flexibility index (Phi) is 5.02. The van der Waals surface area contributed by atoms with Crippen molar-refractivity contribution in [1.29, 1.82) is 0 Å². The van der Waals surface area contributed by atoms with E-state index >= 15 is 0 Å². The Morgan fingerprint density at radius 3 is 2.47 bits per heavy atom. The van der Waals surface area contributed by atoms with Crippen LogP contribution in [0.5, 0.6) is 0 Å². The molecule has 0 atom stereocenters. The van der Waals surface area contributed by atoms with Gasteiger partial charge in [-0.1, -0.05) is 6.92 Å². The van der Waals surface area contributed by atoms with Crippen molar-refractivity contribution in [2.75, 3.05) is 31.1 Å². The first-order valence-corrected chi connectivity index (χ1v) is 7.54. The van der Waals surface area contributed by atoms with Gasteiger partial charge in [-0.05, 0) is 38.9 Å². The van der Waals surface area contributed by atoms with Gasteiger partial charge in [0, 0.05) is 11.8 Å². The first kappa shape index (κ1) is 12.9. The summed E-state index contributed by atoms with van der Waals surface area (Å²) in [7, 11) is -2.78. The van der Waals surface area contributed by atoms with Crippen LogP contribution in [0.1, 0.15) is 26.2 Å². The molecule has 0 saturated carbocycles. The Hall–Kier alpha value is -0.130. The monoisotopic (exact) mass is 234 g/mol. The lowest BCUT2D eigenvalue weighted by atomic mass is 10.1. The maximum atomic E-state index is 11.3. The summed E-state index contributed by atoms with van der Waals surface area (Å²) < 4.78 is 22.5. The molecule has 4 nitrogen and oxygen atoms in total. The van der Waals surface area contributed by atoms with Crippen molar-refractivity contribution >= 4 is 9.84 Å². The summed E-state index contributed by atoms with van der Waals surface area (Å²) in [5, 5.41) is 0. The molecular formula is C10H22N2O2S. The van der Waals surface area contributed by atoms with Gasteiger partial charge in [-0.3, -0.25) is 0 Å². The molecule has 0 aromatic rings. The quantitative estimate of drug-likeness (QED) is 0.740. The maximum Gasteiger partial charge on any atom is 0.150 e. The van der Waals surface area contributed by atoms with E-state index in [0.29, 0.717) is 11.8 Å². The van der Waals surface area contributed by atoms with Gasteiger partial charge in [-0.15, -0.1) is 0 Å². The summed E-state index contributed by atoms with van der Waals surface area (Å²) in [6.07, 6.45) is 2.84. The van der Waals surface area contributed by atoms with Crippen molar-refractivity contribution in [2.24, 2.45) is 5.73 Å². The average molecular weight is 234 g/mol. The topological polar surface area (TPSA) is 63.4 Å². The summed E-state index contributed by atoms with van der Waals surface area (Å²) in [6.45, 7) is 4.64. The van der Waals surface area contributed by atoms with E-state index in [9.17, 15) is 8.42 Å². The predicted octanol–water partition coefficient (Wildman–Crippen LogP) is 0.234. The number of sulfone groups is 1. The van der Waals surface area contributed by atoms with Crippen LogP contribution in [-0.2, 0) is 9.84 Å². The van der Waals surface area contributed by atoms with E-state index in [0.717, 1.165) is 38.9 Å². The van der Waals surface area contributed by atoms with Crippen molar-refractivity contribution < 1.29 is 8.42 Å². The third-order valence-corrected chi connectivity index (χ3v) is 4.79. The van der Waals surface area contributed by atoms with E-state index in [1.165, 1.54) is 0 Å². The van der Waals surface area contributed by atoms with Gasteiger partial charge in [0.05, 0.1) is 5.75 Å². The molecule has 1 rings (SSSR count). The van der Waals surface area contributed by atoms with Crippen LogP contribution >= 0.6 is 0 Å². The Labute approximate surface area is 92.7 Å². The molecule has 1 saturated heterocycles. The molecule has 0 radical (unpaired) electrons. The second-order valence-electron chi connectivity index (χ2n) is 4.27. The van der Waals surface area contributed by atoms with Crippen molar-refractivity contribution in [1.82, 2.24) is 4.90 Å². The summed E-state index contributed by atoms with van der Waals surface area (Å²) in [5.41, 5.74) is 5.79. The molecule has 5 heteroatoms. The van der Waals surface area contributed by atoms with Gasteiger partial charge in [-0.2, -0.15) is 0 Å². The van der Waals surface area contributed by atoms with E-state index in [-0.39, 0.29) is 5.75 Å². The average Bonchev–Trinajstić information content (AvgIpc) is 2.21. The molecule has 0 spiro atoms. The fourth-order valence-corrected chi connectivity index (χ4v) is 2.69. The van der Waals surface area contributed by atoms with Crippen LogP contribution in [0, 0.1) is 0 Å². The highest BCUT2D eigenvalue weighted by Crippen LogP contribution is 2.08. The number of piperidine rings is 1. The number of hydrogen-bond acceptors (Lipinski definition) is 4. The molecule has 0 unspecified atom stereocenters. The van der Waals surface area contributed by atoms with Gasteiger partial charge in [-0.25, -0.2) is 8.42 Å². The third-order valence-electron chi connectivity index (χ3n) is 3.00. The highest BCUT2D eigenvalue weighted by Gasteiger charge is 2.16. The first-order chi connectivity index (χ1) is 7.03. The van der Waals surface area contributed by atoms with E-state index in [1.54, 1.807) is 6.92 Å². The van der Waals surface area contributed by atoms with Crippen LogP contribution in [0.15, 0.2) is 0 Å². The van der Waals surface area contributed by atoms with Crippen LogP contribution in [0.4, 0.5) is 0 Å². The molecule has 15 heavy (non-hydrogen) atoms. The molecule has 1 heterocycles. The molecule has 2 N–H and O–H groups in total. The minimum absolute atomic E-state index is 0.262. The Morgan fingerprint density at radius 2 is 1.93 bits per heavy atom. The zero-order valence-corrected chi connectivity index (χ0v) is 10.3. The SMILES string of the molecule is CCS(=O)(=O)CCCN1CCC(N)CC1. The second-order valence-corrected chi connectivity index (χ2v) is 6.74. The third kappa shape index (κ3) is 4.95. The number of nitrogens with two attached hydrogens (primary N) is 1. The van der Waals surface area contributed by atoms with Crippen molar-refractivity contribution in [2.45, 2.75) is 32.2 Å². The predicted molar refractivity (Wildman–Crippen MR) is 62.6 cm³/mol. The molecule has 0 aromatic heterocycles. The minimum Gasteiger partial charge on any atom is -0.328 e. The normalized spacial score (nSPS) is 20.7. The van der Waals surface area contributed by atoms with Gasteiger partial charge in [0.2, 0.25) is 0 Å². The number of hydrogen-bond donors (Lipinski definition) is 1. The molecule has 90 valence electrons. The zero-order valence-electron chi connectivity index (χ0n) is 9.48. The smallest absolute Gasteiger partial charge is 0.150 e. The van der Waals surface area contributed by atoms with Gasteiger partial charge >= 0.3 is 0 Å². The highest BCUT2D eigenvalue weighted by atomic mass is 32.2. The summed E-state index contributed by atoms with van der Waals surface area (Å²) in [4.78, 5) is 2.31. The Morgan fingerprint density at radius 1 is 1.33 bits per heavy atom. The standard InChI is InChI=1S/C10H22N2O2S/c1-2-15(13,14)9-3-6-12-7-4-10(11)5-8-12/h10H,2-9,11H2,1H3. The maximum absolute atomic E-state index is 11.3. The molecular weight excluding hydrogens is 212 g/mol. The van der Waals surface area contributed by atoms with E-state index in [2.05, 4.69) is 4.90 Å². The van der Waals surface area contributed by atoms with Crippen molar-refractivity contribution in [3.8, 4) is 0 Å². The van der Waals surface area contributed by atoms with Crippen LogP contribution < -0.4 is 5.73 Å².